The Bertz CT molecular complexity index is 754. The lowest BCUT2D eigenvalue weighted by Crippen LogP contribution is -2.44. The van der Waals surface area contributed by atoms with Crippen molar-refractivity contribution in [3.05, 3.63) is 0 Å². The summed E-state index contributed by atoms with van der Waals surface area (Å²) in [5, 5.41) is 11.6. The van der Waals surface area contributed by atoms with Crippen LogP contribution in [0.4, 0.5) is 0 Å². The number of likely N-dealkylation sites (N-methyl/N-ethyl adjacent to an activating group) is 1. The summed E-state index contributed by atoms with van der Waals surface area (Å²) in [4.78, 5) is 36.6. The molecule has 0 radical (unpaired) electrons. The Balaban J connectivity index is 4.44. The summed E-state index contributed by atoms with van der Waals surface area (Å²) < 4.78 is 22.4. The van der Waals surface area contributed by atoms with Crippen LogP contribution >= 0.6 is 0 Å². The van der Waals surface area contributed by atoms with Crippen molar-refractivity contribution in [1.82, 2.24) is 0 Å². The lowest BCUT2D eigenvalue weighted by atomic mass is 10.0. The third kappa shape index (κ3) is 32.6. The third-order valence-electron chi connectivity index (χ3n) is 8.35. The van der Waals surface area contributed by atoms with Gasteiger partial charge in [-0.3, -0.25) is 9.59 Å². The Labute approximate surface area is 288 Å². The minimum absolute atomic E-state index is 0.152. The molecule has 2 unspecified atom stereocenters. The molecule has 0 bridgehead atoms. The molecule has 0 spiro atoms. The number of nitrogens with zero attached hydrogens (tertiary/aromatic N) is 1. The molecule has 0 aromatic rings. The fourth-order valence-corrected chi connectivity index (χ4v) is 5.30. The largest absolute Gasteiger partial charge is 0.545 e. The highest BCUT2D eigenvalue weighted by molar-refractivity contribution is 5.70. The van der Waals surface area contributed by atoms with Gasteiger partial charge < -0.3 is 33.3 Å². The predicted octanol–water partition coefficient (Wildman–Crippen LogP) is 7.66. The molecule has 0 aliphatic rings. The number of hydrogen-bond donors (Lipinski definition) is 0. The first-order valence-electron chi connectivity index (χ1n) is 19.2. The first-order chi connectivity index (χ1) is 22.6. The zero-order valence-electron chi connectivity index (χ0n) is 31.2. The molecule has 0 saturated heterocycles. The molecule has 0 N–H and O–H groups in total. The van der Waals surface area contributed by atoms with E-state index >= 15 is 0 Å². The highest BCUT2D eigenvalue weighted by atomic mass is 16.7. The molecule has 0 saturated carbocycles. The van der Waals surface area contributed by atoms with Gasteiger partial charge in [-0.1, -0.05) is 142 Å². The average Bonchev–Trinajstić information content (AvgIpc) is 3.02. The van der Waals surface area contributed by atoms with Gasteiger partial charge in [0.25, 0.3) is 0 Å². The van der Waals surface area contributed by atoms with E-state index in [1.165, 1.54) is 103 Å². The molecular formula is C38H73NO8. The van der Waals surface area contributed by atoms with E-state index in [-0.39, 0.29) is 32.2 Å². The fraction of sp³-hybridized carbons (Fsp3) is 0.921. The molecule has 2 atom stereocenters. The molecule has 0 amide bonds. The number of quaternary nitrogens is 1. The molecule has 0 rings (SSSR count). The van der Waals surface area contributed by atoms with E-state index in [2.05, 4.69) is 13.8 Å². The Kier molecular flexibility index (Phi) is 30.4. The SMILES string of the molecule is CCCCCCCCCCCCCCCCCC(=O)OC(COC(=O)CCCCCCCCC)COC(OCC[N+](C)(C)C)C(=O)[O-]. The summed E-state index contributed by atoms with van der Waals surface area (Å²) in [6.07, 6.45) is 24.3. The van der Waals surface area contributed by atoms with Gasteiger partial charge in [0.2, 0.25) is 0 Å². The smallest absolute Gasteiger partial charge is 0.306 e. The summed E-state index contributed by atoms with van der Waals surface area (Å²) in [6, 6.07) is 0. The van der Waals surface area contributed by atoms with Gasteiger partial charge in [0.05, 0.1) is 40.3 Å². The van der Waals surface area contributed by atoms with Crippen LogP contribution in [-0.2, 0) is 33.3 Å². The molecule has 9 nitrogen and oxygen atoms in total. The van der Waals surface area contributed by atoms with Gasteiger partial charge >= 0.3 is 11.9 Å². The lowest BCUT2D eigenvalue weighted by molar-refractivity contribution is -0.870. The molecule has 0 aromatic heterocycles. The van der Waals surface area contributed by atoms with Crippen LogP contribution in [0.3, 0.4) is 0 Å². The minimum Gasteiger partial charge on any atom is -0.545 e. The van der Waals surface area contributed by atoms with Crippen LogP contribution in [0.15, 0.2) is 0 Å². The zero-order chi connectivity index (χ0) is 35.0. The van der Waals surface area contributed by atoms with Gasteiger partial charge in [-0.2, -0.15) is 0 Å². The predicted molar refractivity (Wildman–Crippen MR) is 187 cm³/mol. The fourth-order valence-electron chi connectivity index (χ4n) is 5.30. The van der Waals surface area contributed by atoms with Crippen LogP contribution in [0.1, 0.15) is 168 Å². The van der Waals surface area contributed by atoms with Gasteiger partial charge in [0.1, 0.15) is 13.2 Å². The van der Waals surface area contributed by atoms with Crippen LogP contribution in [0.25, 0.3) is 0 Å². The van der Waals surface area contributed by atoms with E-state index in [1.54, 1.807) is 0 Å². The normalized spacial score (nSPS) is 13.0. The van der Waals surface area contributed by atoms with E-state index in [1.807, 2.05) is 21.1 Å². The van der Waals surface area contributed by atoms with E-state index in [0.29, 0.717) is 17.4 Å². The van der Waals surface area contributed by atoms with E-state index in [4.69, 9.17) is 18.9 Å². The molecule has 0 heterocycles. The molecule has 9 heteroatoms. The number of ether oxygens (including phenoxy) is 4. The lowest BCUT2D eigenvalue weighted by Gasteiger charge is -2.26. The maximum atomic E-state index is 12.6. The first-order valence-corrected chi connectivity index (χ1v) is 19.2. The number of unbranched alkanes of at least 4 members (excludes halogenated alkanes) is 20. The zero-order valence-corrected chi connectivity index (χ0v) is 31.2. The second-order valence-electron chi connectivity index (χ2n) is 14.2. The van der Waals surface area contributed by atoms with Gasteiger partial charge in [-0.25, -0.2) is 0 Å². The number of aliphatic carboxylic acids is 1. The van der Waals surface area contributed by atoms with Crippen molar-refractivity contribution in [3.63, 3.8) is 0 Å². The van der Waals surface area contributed by atoms with Crippen LogP contribution in [0.5, 0.6) is 0 Å². The molecule has 0 fully saturated rings. The quantitative estimate of drug-likeness (QED) is 0.0292. The van der Waals surface area contributed by atoms with Crippen LogP contribution in [-0.4, -0.2) is 82.3 Å². The number of hydrogen-bond acceptors (Lipinski definition) is 8. The average molecular weight is 672 g/mol. The monoisotopic (exact) mass is 672 g/mol. The van der Waals surface area contributed by atoms with Gasteiger partial charge in [-0.15, -0.1) is 0 Å². The number of rotatable bonds is 35. The van der Waals surface area contributed by atoms with Crippen LogP contribution < -0.4 is 5.11 Å². The number of carboxylic acids is 1. The third-order valence-corrected chi connectivity index (χ3v) is 8.35. The van der Waals surface area contributed by atoms with Gasteiger partial charge in [-0.05, 0) is 12.8 Å². The molecule has 278 valence electrons. The van der Waals surface area contributed by atoms with Gasteiger partial charge in [0, 0.05) is 12.8 Å². The van der Waals surface area contributed by atoms with Crippen molar-refractivity contribution in [2.24, 2.45) is 0 Å². The summed E-state index contributed by atoms with van der Waals surface area (Å²) in [5.74, 6) is -2.28. The second-order valence-corrected chi connectivity index (χ2v) is 14.2. The number of carboxylic acid groups (broad SMARTS) is 1. The van der Waals surface area contributed by atoms with Crippen molar-refractivity contribution >= 4 is 17.9 Å². The molecular weight excluding hydrogens is 598 g/mol. The van der Waals surface area contributed by atoms with Gasteiger partial charge in [0.15, 0.2) is 12.4 Å². The molecule has 47 heavy (non-hydrogen) atoms. The Morgan fingerprint density at radius 1 is 0.553 bits per heavy atom. The topological polar surface area (TPSA) is 111 Å². The summed E-state index contributed by atoms with van der Waals surface area (Å²) in [6.45, 7) is 4.69. The van der Waals surface area contributed by atoms with E-state index in [9.17, 15) is 19.5 Å². The van der Waals surface area contributed by atoms with Crippen LogP contribution in [0.2, 0.25) is 0 Å². The highest BCUT2D eigenvalue weighted by Crippen LogP contribution is 2.15. The molecule has 0 aliphatic carbocycles. The molecule has 0 aliphatic heterocycles. The number of esters is 2. The summed E-state index contributed by atoms with van der Waals surface area (Å²) in [5.41, 5.74) is 0. The Morgan fingerprint density at radius 3 is 1.36 bits per heavy atom. The first kappa shape index (κ1) is 45.3. The number of carbonyl (C=O) groups is 3. The van der Waals surface area contributed by atoms with E-state index < -0.39 is 24.3 Å². The maximum Gasteiger partial charge on any atom is 0.306 e. The standard InChI is InChI=1S/C38H73NO8/c1-6-8-10-12-14-15-16-17-18-19-20-21-23-25-27-29-36(41)47-34(32-45-35(40)28-26-24-22-13-11-9-7-2)33-46-38(37(42)43)44-31-30-39(3,4)5/h34,38H,6-33H2,1-5H3. The van der Waals surface area contributed by atoms with Crippen molar-refractivity contribution in [2.45, 2.75) is 180 Å². The Hall–Kier alpha value is -1.71. The summed E-state index contributed by atoms with van der Waals surface area (Å²) >= 11 is 0. The Morgan fingerprint density at radius 2 is 0.957 bits per heavy atom. The minimum atomic E-state index is -1.61. The van der Waals surface area contributed by atoms with Crippen LogP contribution in [0, 0.1) is 0 Å². The molecule has 0 aromatic carbocycles. The van der Waals surface area contributed by atoms with Crippen molar-refractivity contribution in [1.29, 1.82) is 0 Å². The van der Waals surface area contributed by atoms with Crippen molar-refractivity contribution in [2.75, 3.05) is 47.5 Å². The maximum absolute atomic E-state index is 12.6. The van der Waals surface area contributed by atoms with E-state index in [0.717, 1.165) is 38.5 Å². The highest BCUT2D eigenvalue weighted by Gasteiger charge is 2.21. The summed E-state index contributed by atoms with van der Waals surface area (Å²) in [7, 11) is 5.90. The second kappa shape index (κ2) is 31.6. The van der Waals surface area contributed by atoms with Crippen molar-refractivity contribution in [3.8, 4) is 0 Å². The number of carbonyl (C=O) groups excluding carboxylic acids is 3. The van der Waals surface area contributed by atoms with Crippen molar-refractivity contribution < 1.29 is 42.9 Å².